The SMILES string of the molecule is CC1=Nc2ncc(-c3ccc(OCSOOO)cc3)cc2C1(C)C. The van der Waals surface area contributed by atoms with Gasteiger partial charge in [0.25, 0.3) is 0 Å². The summed E-state index contributed by atoms with van der Waals surface area (Å²) in [7, 11) is 0. The summed E-state index contributed by atoms with van der Waals surface area (Å²) in [5, 5.41) is 11.5. The monoisotopic (exact) mass is 346 g/mol. The van der Waals surface area contributed by atoms with Gasteiger partial charge in [0, 0.05) is 28.5 Å². The highest BCUT2D eigenvalue weighted by Crippen LogP contribution is 2.40. The van der Waals surface area contributed by atoms with Crippen LogP contribution in [0.25, 0.3) is 11.1 Å². The smallest absolute Gasteiger partial charge is 0.162 e. The van der Waals surface area contributed by atoms with Gasteiger partial charge in [-0.3, -0.25) is 0 Å². The maximum absolute atomic E-state index is 8.03. The van der Waals surface area contributed by atoms with E-state index in [1.54, 1.807) is 0 Å². The Labute approximate surface area is 144 Å². The summed E-state index contributed by atoms with van der Waals surface area (Å²) in [5.41, 5.74) is 4.24. The molecule has 0 atom stereocenters. The molecular formula is C17H18N2O4S. The lowest BCUT2D eigenvalue weighted by atomic mass is 9.82. The summed E-state index contributed by atoms with van der Waals surface area (Å²) in [4.78, 5) is 9.04. The van der Waals surface area contributed by atoms with Crippen LogP contribution in [0.1, 0.15) is 26.3 Å². The molecule has 2 heterocycles. The minimum Gasteiger partial charge on any atom is -0.481 e. The highest BCUT2D eigenvalue weighted by Gasteiger charge is 2.33. The predicted octanol–water partition coefficient (Wildman–Crippen LogP) is 4.54. The van der Waals surface area contributed by atoms with E-state index in [-0.39, 0.29) is 11.4 Å². The average Bonchev–Trinajstić information content (AvgIpc) is 2.81. The van der Waals surface area contributed by atoms with E-state index in [0.717, 1.165) is 40.3 Å². The highest BCUT2D eigenvalue weighted by atomic mass is 32.2. The van der Waals surface area contributed by atoms with Crippen LogP contribution in [0.2, 0.25) is 0 Å². The molecule has 0 unspecified atom stereocenters. The first kappa shape index (κ1) is 16.9. The van der Waals surface area contributed by atoms with Gasteiger partial charge in [0.05, 0.1) is 12.0 Å². The second kappa shape index (κ2) is 6.90. The summed E-state index contributed by atoms with van der Waals surface area (Å²) >= 11 is 0.845. The number of pyridine rings is 1. The molecule has 0 bridgehead atoms. The van der Waals surface area contributed by atoms with Crippen LogP contribution < -0.4 is 4.74 Å². The van der Waals surface area contributed by atoms with Crippen LogP contribution in [-0.4, -0.2) is 21.9 Å². The Kier molecular flexibility index (Phi) is 4.86. The number of benzene rings is 1. The van der Waals surface area contributed by atoms with Crippen LogP contribution in [0.3, 0.4) is 0 Å². The molecule has 126 valence electrons. The number of aliphatic imine (C=N–C) groups is 1. The Bertz CT molecular complexity index is 760. The summed E-state index contributed by atoms with van der Waals surface area (Å²) in [5.74, 6) is 1.70. The van der Waals surface area contributed by atoms with Crippen molar-refractivity contribution in [2.45, 2.75) is 26.2 Å². The lowest BCUT2D eigenvalue weighted by Crippen LogP contribution is -2.22. The van der Waals surface area contributed by atoms with Gasteiger partial charge in [0.15, 0.2) is 11.8 Å². The molecule has 0 fully saturated rings. The molecule has 24 heavy (non-hydrogen) atoms. The Hall–Kier alpha value is -1.93. The van der Waals surface area contributed by atoms with E-state index < -0.39 is 0 Å². The number of rotatable bonds is 6. The van der Waals surface area contributed by atoms with Gasteiger partial charge in [0.1, 0.15) is 5.75 Å². The van der Waals surface area contributed by atoms with Crippen molar-refractivity contribution in [2.24, 2.45) is 4.99 Å². The first-order valence-electron chi connectivity index (χ1n) is 7.41. The predicted molar refractivity (Wildman–Crippen MR) is 93.4 cm³/mol. The van der Waals surface area contributed by atoms with Crippen molar-refractivity contribution in [2.75, 3.05) is 5.94 Å². The molecule has 7 heteroatoms. The van der Waals surface area contributed by atoms with E-state index >= 15 is 0 Å². The lowest BCUT2D eigenvalue weighted by Gasteiger charge is -2.20. The van der Waals surface area contributed by atoms with E-state index in [1.807, 2.05) is 37.4 Å². The Balaban J connectivity index is 1.76. The molecule has 0 saturated carbocycles. The second-order valence-corrected chi connectivity index (χ2v) is 6.57. The van der Waals surface area contributed by atoms with Crippen molar-refractivity contribution in [1.29, 1.82) is 0 Å². The van der Waals surface area contributed by atoms with Crippen LogP contribution in [-0.2, 0) is 14.8 Å². The molecule has 1 aromatic heterocycles. The fraction of sp³-hybridized carbons (Fsp3) is 0.294. The lowest BCUT2D eigenvalue weighted by molar-refractivity contribution is -0.432. The van der Waals surface area contributed by atoms with Crippen LogP contribution in [0.5, 0.6) is 5.75 Å². The summed E-state index contributed by atoms with van der Waals surface area (Å²) < 4.78 is 9.68. The normalized spacial score (nSPS) is 15.1. The van der Waals surface area contributed by atoms with Gasteiger partial charge in [0.2, 0.25) is 0 Å². The molecule has 0 amide bonds. The molecule has 2 aromatic rings. The van der Waals surface area contributed by atoms with Crippen molar-refractivity contribution in [3.63, 3.8) is 0 Å². The highest BCUT2D eigenvalue weighted by molar-refractivity contribution is 7.94. The number of hydrogen-bond acceptors (Lipinski definition) is 7. The average molecular weight is 346 g/mol. The Morgan fingerprint density at radius 3 is 2.62 bits per heavy atom. The molecule has 6 nitrogen and oxygen atoms in total. The number of aromatic nitrogens is 1. The van der Waals surface area contributed by atoms with Crippen molar-refractivity contribution >= 4 is 23.6 Å². The summed E-state index contributed by atoms with van der Waals surface area (Å²) in [6.45, 7) is 6.36. The van der Waals surface area contributed by atoms with Gasteiger partial charge < -0.3 is 4.74 Å². The molecule has 0 spiro atoms. The van der Waals surface area contributed by atoms with Crippen molar-refractivity contribution < 1.29 is 19.4 Å². The van der Waals surface area contributed by atoms with Crippen LogP contribution in [0.4, 0.5) is 5.82 Å². The van der Waals surface area contributed by atoms with Crippen LogP contribution in [0, 0.1) is 0 Å². The maximum atomic E-state index is 8.03. The van der Waals surface area contributed by atoms with Crippen molar-refractivity contribution in [3.05, 3.63) is 42.1 Å². The molecule has 0 radical (unpaired) electrons. The largest absolute Gasteiger partial charge is 0.481 e. The molecule has 1 N–H and O–H groups in total. The number of hydrogen-bond donors (Lipinski definition) is 1. The molecule has 1 aliphatic rings. The molecule has 0 saturated heterocycles. The Morgan fingerprint density at radius 1 is 1.17 bits per heavy atom. The molecular weight excluding hydrogens is 328 g/mol. The second-order valence-electron chi connectivity index (χ2n) is 5.96. The summed E-state index contributed by atoms with van der Waals surface area (Å²) in [6.07, 6.45) is 1.84. The maximum Gasteiger partial charge on any atom is 0.162 e. The molecule has 1 aliphatic heterocycles. The first-order valence-corrected chi connectivity index (χ1v) is 8.32. The van der Waals surface area contributed by atoms with Gasteiger partial charge in [-0.15, -0.1) is 4.33 Å². The third-order valence-electron chi connectivity index (χ3n) is 4.26. The Morgan fingerprint density at radius 2 is 1.92 bits per heavy atom. The van der Waals surface area contributed by atoms with Crippen molar-refractivity contribution in [3.8, 4) is 16.9 Å². The zero-order valence-electron chi connectivity index (χ0n) is 13.6. The molecule has 1 aromatic carbocycles. The minimum atomic E-state index is -0.0899. The van der Waals surface area contributed by atoms with E-state index in [4.69, 9.17) is 9.99 Å². The zero-order chi connectivity index (χ0) is 17.2. The third-order valence-corrected chi connectivity index (χ3v) is 4.63. The van der Waals surface area contributed by atoms with Crippen LogP contribution in [0.15, 0.2) is 41.5 Å². The van der Waals surface area contributed by atoms with Gasteiger partial charge in [-0.05, 0) is 30.7 Å². The first-order chi connectivity index (χ1) is 11.5. The van der Waals surface area contributed by atoms with Gasteiger partial charge in [-0.25, -0.2) is 15.2 Å². The molecule has 3 rings (SSSR count). The van der Waals surface area contributed by atoms with Crippen LogP contribution >= 0.6 is 12.0 Å². The van der Waals surface area contributed by atoms with E-state index in [2.05, 4.69) is 39.3 Å². The fourth-order valence-corrected chi connectivity index (χ4v) is 2.80. The van der Waals surface area contributed by atoms with Crippen molar-refractivity contribution in [1.82, 2.24) is 4.98 Å². The molecule has 0 aliphatic carbocycles. The minimum absolute atomic E-state index is 0.0899. The van der Waals surface area contributed by atoms with Gasteiger partial charge >= 0.3 is 0 Å². The topological polar surface area (TPSA) is 73.2 Å². The van der Waals surface area contributed by atoms with E-state index in [0.29, 0.717) is 5.75 Å². The van der Waals surface area contributed by atoms with E-state index in [9.17, 15) is 0 Å². The van der Waals surface area contributed by atoms with Gasteiger partial charge in [-0.2, -0.15) is 0 Å². The number of ether oxygens (including phenoxy) is 1. The summed E-state index contributed by atoms with van der Waals surface area (Å²) in [6, 6.07) is 9.84. The zero-order valence-corrected chi connectivity index (χ0v) is 14.5. The standard InChI is InChI=1S/C17H18N2O4S/c1-11-17(2,3)15-8-13(9-18-16(15)19-11)12-4-6-14(7-5-12)21-10-24-23-22-20/h4-9,20H,10H2,1-3H3. The third kappa shape index (κ3) is 3.29. The quantitative estimate of drug-likeness (QED) is 0.272. The number of fused-ring (bicyclic) bond motifs is 1. The van der Waals surface area contributed by atoms with Gasteiger partial charge in [-0.1, -0.05) is 31.0 Å². The number of nitrogens with zero attached hydrogens (tertiary/aromatic N) is 2. The fourth-order valence-electron chi connectivity index (χ4n) is 2.53. The van der Waals surface area contributed by atoms with E-state index in [1.165, 1.54) is 0 Å².